The highest BCUT2D eigenvalue weighted by Crippen LogP contribution is 2.48. The molecule has 0 bridgehead atoms. The number of esters is 2. The predicted molar refractivity (Wildman–Crippen MR) is 132 cm³/mol. The van der Waals surface area contributed by atoms with E-state index in [1.165, 1.54) is 20.3 Å². The first kappa shape index (κ1) is 28.0. The van der Waals surface area contributed by atoms with Crippen molar-refractivity contribution in [1.82, 2.24) is 0 Å². The largest absolute Gasteiger partial charge is 0.466 e. The number of hydrogen-bond acceptors (Lipinski definition) is 8. The van der Waals surface area contributed by atoms with Crippen LogP contribution in [-0.4, -0.2) is 59.2 Å². The highest BCUT2D eigenvalue weighted by Gasteiger charge is 2.59. The molecule has 0 amide bonds. The van der Waals surface area contributed by atoms with Gasteiger partial charge in [0.15, 0.2) is 6.10 Å². The van der Waals surface area contributed by atoms with Gasteiger partial charge in [-0.15, -0.1) is 6.58 Å². The minimum absolute atomic E-state index is 0.137. The summed E-state index contributed by atoms with van der Waals surface area (Å²) >= 11 is 0.885. The van der Waals surface area contributed by atoms with Crippen molar-refractivity contribution in [2.45, 2.75) is 90.1 Å². The fourth-order valence-corrected chi connectivity index (χ4v) is 4.43. The van der Waals surface area contributed by atoms with Crippen molar-refractivity contribution in [1.29, 1.82) is 1.34 Å². The molecular formula is C24H40BO7S. The van der Waals surface area contributed by atoms with E-state index in [0.29, 0.717) is 18.4 Å². The lowest BCUT2D eigenvalue weighted by atomic mass is 9.75. The van der Waals surface area contributed by atoms with E-state index >= 15 is 0 Å². The van der Waals surface area contributed by atoms with Crippen LogP contribution in [-0.2, 0) is 32.7 Å². The average molecular weight is 485 g/mol. The zero-order valence-corrected chi connectivity index (χ0v) is 21.5. The molecule has 0 spiro atoms. The zero-order chi connectivity index (χ0) is 25.6. The van der Waals surface area contributed by atoms with Crippen molar-refractivity contribution in [2.75, 3.05) is 20.8 Å². The third-order valence-corrected chi connectivity index (χ3v) is 6.14. The van der Waals surface area contributed by atoms with Gasteiger partial charge >= 0.3 is 11.9 Å². The summed E-state index contributed by atoms with van der Waals surface area (Å²) < 4.78 is 36.1. The Balaban J connectivity index is 3.33. The topological polar surface area (TPSA) is 80.3 Å². The smallest absolute Gasteiger partial charge is 0.330 e. The maximum atomic E-state index is 12.9. The second-order valence-corrected chi connectivity index (χ2v) is 9.29. The molecule has 0 aromatic heterocycles. The SMILES string of the molecule is [3H][B]SOCC(C)(C)[C@]1(OC)O[C@H](CC=C)CC(=CC(=O)OC)[C@@H]1OC(=O)CCCCCCC. The molecule has 1 heterocycles. The van der Waals surface area contributed by atoms with Gasteiger partial charge in [0, 0.05) is 25.0 Å². The van der Waals surface area contributed by atoms with Crippen molar-refractivity contribution in [2.24, 2.45) is 5.41 Å². The van der Waals surface area contributed by atoms with Crippen LogP contribution in [0.2, 0.25) is 0 Å². The van der Waals surface area contributed by atoms with E-state index in [-0.39, 0.29) is 25.1 Å². The van der Waals surface area contributed by atoms with Gasteiger partial charge in [0.25, 0.3) is 0 Å². The Morgan fingerprint density at radius 2 is 2.06 bits per heavy atom. The molecule has 0 aliphatic carbocycles. The van der Waals surface area contributed by atoms with E-state index in [9.17, 15) is 9.59 Å². The molecule has 3 atom stereocenters. The molecule has 0 aromatic carbocycles. The van der Waals surface area contributed by atoms with Crippen LogP contribution < -0.4 is 0 Å². The number of ether oxygens (including phenoxy) is 4. The van der Waals surface area contributed by atoms with Crippen molar-refractivity contribution < 1.29 is 32.7 Å². The highest BCUT2D eigenvalue weighted by atomic mass is 32.2. The standard InChI is InChI=1S/C24H40BO7S/c1-7-9-10-11-12-14-20(26)31-22-18(16-21(27)28-5)15-19(13-8-2)32-24(22,29-6)23(3,4)17-30-33-25/h8,16,19,22,25H,2,7,9-15,17H2,1,3-6H3/t19-,22+,24-/m1/s1/i25T. The fraction of sp³-hybridized carbons (Fsp3) is 0.750. The van der Waals surface area contributed by atoms with Gasteiger partial charge in [-0.25, -0.2) is 4.79 Å². The molecule has 187 valence electrons. The lowest BCUT2D eigenvalue weighted by Gasteiger charge is -2.53. The third kappa shape index (κ3) is 8.46. The molecule has 1 aliphatic heterocycles. The number of rotatable bonds is 16. The normalized spacial score (nSPS) is 24.8. The number of methoxy groups -OCH3 is 2. The minimum atomic E-state index is -1.45. The Bertz CT molecular complexity index is 688. The molecule has 1 rings (SSSR count). The van der Waals surface area contributed by atoms with E-state index < -0.39 is 23.3 Å². The Morgan fingerprint density at radius 1 is 1.33 bits per heavy atom. The second kappa shape index (κ2) is 14.9. The maximum Gasteiger partial charge on any atom is 0.330 e. The molecule has 1 aliphatic rings. The molecule has 33 heavy (non-hydrogen) atoms. The Morgan fingerprint density at radius 3 is 2.67 bits per heavy atom. The van der Waals surface area contributed by atoms with Gasteiger partial charge in [-0.3, -0.25) is 4.79 Å². The van der Waals surface area contributed by atoms with Crippen molar-refractivity contribution in [3.05, 3.63) is 24.3 Å². The van der Waals surface area contributed by atoms with Gasteiger partial charge in [0.05, 0.1) is 19.8 Å². The van der Waals surface area contributed by atoms with Crippen LogP contribution in [0.4, 0.5) is 0 Å². The van der Waals surface area contributed by atoms with Gasteiger partial charge in [0.1, 0.15) is 0 Å². The number of carbonyl (C=O) groups excluding carboxylic acids is 2. The molecular weight excluding hydrogens is 443 g/mol. The Labute approximate surface area is 205 Å². The summed E-state index contributed by atoms with van der Waals surface area (Å²) in [6, 6.07) is 0. The minimum Gasteiger partial charge on any atom is -0.466 e. The summed E-state index contributed by atoms with van der Waals surface area (Å²) in [7, 11) is 3.87. The molecule has 7 nitrogen and oxygen atoms in total. The molecule has 1 fully saturated rings. The average Bonchev–Trinajstić information content (AvgIpc) is 2.80. The maximum absolute atomic E-state index is 12.9. The Hall–Kier alpha value is -1.29. The predicted octanol–water partition coefficient (Wildman–Crippen LogP) is 4.57. The summed E-state index contributed by atoms with van der Waals surface area (Å²) in [6.07, 6.45) is 7.89. The molecule has 0 N–H and O–H groups in total. The molecule has 0 saturated carbocycles. The monoisotopic (exact) mass is 485 g/mol. The lowest BCUT2D eigenvalue weighted by Crippen LogP contribution is -2.64. The van der Waals surface area contributed by atoms with E-state index in [0.717, 1.165) is 51.1 Å². The summed E-state index contributed by atoms with van der Waals surface area (Å²) in [5, 5.41) is 0. The first-order valence-corrected chi connectivity index (χ1v) is 12.3. The van der Waals surface area contributed by atoms with Crippen LogP contribution in [0.25, 0.3) is 0 Å². The summed E-state index contributed by atoms with van der Waals surface area (Å²) in [5.41, 5.74) is -0.280. The quantitative estimate of drug-likeness (QED) is 0.0786. The van der Waals surface area contributed by atoms with Crippen molar-refractivity contribution >= 4 is 30.9 Å². The number of hydrogen-bond donors (Lipinski definition) is 0. The Kier molecular flexibility index (Phi) is 12.6. The van der Waals surface area contributed by atoms with Gasteiger partial charge in [0.2, 0.25) is 12.9 Å². The van der Waals surface area contributed by atoms with Gasteiger partial charge in [-0.05, 0) is 26.2 Å². The first-order valence-electron chi connectivity index (χ1n) is 12.1. The molecule has 1 radical (unpaired) electrons. The van der Waals surface area contributed by atoms with Crippen LogP contribution in [0.1, 0.15) is 72.1 Å². The summed E-state index contributed by atoms with van der Waals surface area (Å²) in [4.78, 5) is 25.1. The third-order valence-electron chi connectivity index (χ3n) is 5.89. The molecule has 0 aromatic rings. The highest BCUT2D eigenvalue weighted by molar-refractivity contribution is 8.15. The van der Waals surface area contributed by atoms with Crippen LogP contribution in [0.3, 0.4) is 0 Å². The number of unbranched alkanes of at least 4 members (excludes halogenated alkanes) is 4. The fourth-order valence-electron chi connectivity index (χ4n) is 4.07. The molecule has 9 heteroatoms. The van der Waals surface area contributed by atoms with E-state index in [4.69, 9.17) is 24.5 Å². The van der Waals surface area contributed by atoms with Crippen molar-refractivity contribution in [3.8, 4) is 0 Å². The summed E-state index contributed by atoms with van der Waals surface area (Å²) in [5.74, 6) is -2.37. The number of carbonyl (C=O) groups is 2. The van der Waals surface area contributed by atoms with Crippen molar-refractivity contribution in [3.63, 3.8) is 0 Å². The second-order valence-electron chi connectivity index (χ2n) is 8.86. The van der Waals surface area contributed by atoms with Gasteiger partial charge in [-0.2, -0.15) is 0 Å². The van der Waals surface area contributed by atoms with Gasteiger partial charge in [-0.1, -0.05) is 64.4 Å². The summed E-state index contributed by atoms with van der Waals surface area (Å²) in [6.45, 7) is 9.83. The van der Waals surface area contributed by atoms with Crippen LogP contribution in [0.5, 0.6) is 0 Å². The molecule has 1 saturated heterocycles. The van der Waals surface area contributed by atoms with Crippen LogP contribution in [0.15, 0.2) is 24.3 Å². The van der Waals surface area contributed by atoms with Crippen LogP contribution >= 0.6 is 11.9 Å². The van der Waals surface area contributed by atoms with Gasteiger partial charge < -0.3 is 23.1 Å². The lowest BCUT2D eigenvalue weighted by molar-refractivity contribution is -0.347. The zero-order valence-electron chi connectivity index (χ0n) is 21.7. The van der Waals surface area contributed by atoms with Crippen LogP contribution in [0, 0.1) is 5.41 Å². The van der Waals surface area contributed by atoms with E-state index in [1.54, 1.807) is 6.08 Å². The molecule has 0 unspecified atom stereocenters. The van der Waals surface area contributed by atoms with E-state index in [2.05, 4.69) is 13.5 Å². The van der Waals surface area contributed by atoms with E-state index in [1.807, 2.05) is 13.8 Å². The first-order chi connectivity index (χ1) is 16.2.